The minimum Gasteiger partial charge on any atom is -0.399 e. The van der Waals surface area contributed by atoms with E-state index in [0.717, 1.165) is 5.56 Å². The summed E-state index contributed by atoms with van der Waals surface area (Å²) < 4.78 is 0. The molecule has 4 N–H and O–H groups in total. The predicted molar refractivity (Wildman–Crippen MR) is 66.3 cm³/mol. The first kappa shape index (κ1) is 13.0. The third-order valence-corrected chi connectivity index (χ3v) is 2.35. The number of hydrogen-bond acceptors (Lipinski definition) is 3. The van der Waals surface area contributed by atoms with E-state index in [4.69, 9.17) is 5.73 Å². The summed E-state index contributed by atoms with van der Waals surface area (Å²) in [6, 6.07) is 7.39. The Morgan fingerprint density at radius 3 is 2.41 bits per heavy atom. The maximum absolute atomic E-state index is 11.4. The number of likely N-dealkylation sites (N-methyl/N-ethyl adjacent to an activating group) is 1. The van der Waals surface area contributed by atoms with Crippen LogP contribution in [0.1, 0.15) is 12.0 Å². The molecule has 2 amide bonds. The zero-order valence-electron chi connectivity index (χ0n) is 9.82. The number of anilines is 1. The van der Waals surface area contributed by atoms with E-state index in [1.54, 1.807) is 12.1 Å². The molecular weight excluding hydrogens is 218 g/mol. The van der Waals surface area contributed by atoms with Crippen molar-refractivity contribution < 1.29 is 9.59 Å². The van der Waals surface area contributed by atoms with Crippen LogP contribution in [0.25, 0.3) is 0 Å². The highest BCUT2D eigenvalue weighted by Crippen LogP contribution is 2.07. The van der Waals surface area contributed by atoms with Gasteiger partial charge in [-0.1, -0.05) is 12.1 Å². The van der Waals surface area contributed by atoms with Crippen LogP contribution in [0, 0.1) is 0 Å². The summed E-state index contributed by atoms with van der Waals surface area (Å²) in [6.45, 7) is 0.0249. The summed E-state index contributed by atoms with van der Waals surface area (Å²) >= 11 is 0. The van der Waals surface area contributed by atoms with Crippen LogP contribution in [0.2, 0.25) is 0 Å². The van der Waals surface area contributed by atoms with Crippen LogP contribution < -0.4 is 16.4 Å². The Kier molecular flexibility index (Phi) is 5.00. The summed E-state index contributed by atoms with van der Waals surface area (Å²) in [5, 5.41) is 4.97. The van der Waals surface area contributed by atoms with Gasteiger partial charge in [0, 0.05) is 19.2 Å². The Morgan fingerprint density at radius 2 is 1.82 bits per heavy atom. The van der Waals surface area contributed by atoms with Crippen LogP contribution in [-0.4, -0.2) is 25.4 Å². The fourth-order valence-electron chi connectivity index (χ4n) is 1.30. The molecule has 0 unspecified atom stereocenters. The Bertz CT molecular complexity index is 387. The number of rotatable bonds is 5. The predicted octanol–water partition coefficient (Wildman–Crippen LogP) is 0.0636. The third kappa shape index (κ3) is 5.01. The molecule has 0 bridgehead atoms. The van der Waals surface area contributed by atoms with E-state index in [1.165, 1.54) is 7.05 Å². The molecule has 0 saturated heterocycles. The van der Waals surface area contributed by atoms with Crippen molar-refractivity contribution in [1.82, 2.24) is 10.6 Å². The van der Waals surface area contributed by atoms with Crippen molar-refractivity contribution in [3.05, 3.63) is 29.8 Å². The Balaban J connectivity index is 2.28. The van der Waals surface area contributed by atoms with E-state index < -0.39 is 0 Å². The topological polar surface area (TPSA) is 84.2 Å². The molecule has 92 valence electrons. The molecule has 0 aliphatic carbocycles. The van der Waals surface area contributed by atoms with Gasteiger partial charge in [-0.05, 0) is 24.1 Å². The SMILES string of the molecule is CNC(=O)CNC(=O)CCc1ccc(N)cc1. The smallest absolute Gasteiger partial charge is 0.239 e. The van der Waals surface area contributed by atoms with E-state index in [0.29, 0.717) is 18.5 Å². The number of nitrogens with one attached hydrogen (secondary N) is 2. The first-order valence-corrected chi connectivity index (χ1v) is 5.43. The van der Waals surface area contributed by atoms with Gasteiger partial charge in [0.15, 0.2) is 0 Å². The number of hydrogen-bond donors (Lipinski definition) is 3. The fraction of sp³-hybridized carbons (Fsp3) is 0.333. The molecule has 1 aromatic rings. The van der Waals surface area contributed by atoms with Gasteiger partial charge in [-0.2, -0.15) is 0 Å². The molecule has 0 fully saturated rings. The second-order valence-electron chi connectivity index (χ2n) is 3.69. The van der Waals surface area contributed by atoms with Crippen LogP contribution in [-0.2, 0) is 16.0 Å². The van der Waals surface area contributed by atoms with Crippen molar-refractivity contribution in [2.45, 2.75) is 12.8 Å². The minimum absolute atomic E-state index is 0.0249. The molecule has 17 heavy (non-hydrogen) atoms. The second-order valence-corrected chi connectivity index (χ2v) is 3.69. The largest absolute Gasteiger partial charge is 0.399 e. The molecule has 0 aromatic heterocycles. The lowest BCUT2D eigenvalue weighted by Crippen LogP contribution is -2.35. The number of aryl methyl sites for hydroxylation is 1. The van der Waals surface area contributed by atoms with Crippen LogP contribution in [0.3, 0.4) is 0 Å². The maximum Gasteiger partial charge on any atom is 0.239 e. The molecule has 0 spiro atoms. The molecular formula is C12H17N3O2. The van der Waals surface area contributed by atoms with E-state index in [-0.39, 0.29) is 18.4 Å². The van der Waals surface area contributed by atoms with Gasteiger partial charge < -0.3 is 16.4 Å². The summed E-state index contributed by atoms with van der Waals surface area (Å²) in [7, 11) is 1.53. The normalized spacial score (nSPS) is 9.71. The van der Waals surface area contributed by atoms with Crippen LogP contribution in [0.5, 0.6) is 0 Å². The zero-order chi connectivity index (χ0) is 12.7. The van der Waals surface area contributed by atoms with Crippen molar-refractivity contribution >= 4 is 17.5 Å². The highest BCUT2D eigenvalue weighted by Gasteiger charge is 2.04. The molecule has 1 rings (SSSR count). The molecule has 0 saturated carbocycles. The summed E-state index contributed by atoms with van der Waals surface area (Å²) in [4.78, 5) is 22.3. The van der Waals surface area contributed by atoms with Crippen LogP contribution in [0.4, 0.5) is 5.69 Å². The summed E-state index contributed by atoms with van der Waals surface area (Å²) in [5.41, 5.74) is 7.31. The average molecular weight is 235 g/mol. The standard InChI is InChI=1S/C12H17N3O2/c1-14-12(17)8-15-11(16)7-4-9-2-5-10(13)6-3-9/h2-3,5-6H,4,7-8,13H2,1H3,(H,14,17)(H,15,16). The first-order valence-electron chi connectivity index (χ1n) is 5.43. The molecule has 0 aliphatic heterocycles. The van der Waals surface area contributed by atoms with Gasteiger partial charge in [-0.15, -0.1) is 0 Å². The van der Waals surface area contributed by atoms with Gasteiger partial charge in [0.2, 0.25) is 11.8 Å². The van der Waals surface area contributed by atoms with Gasteiger partial charge in [0.1, 0.15) is 0 Å². The minimum atomic E-state index is -0.203. The van der Waals surface area contributed by atoms with Gasteiger partial charge in [0.25, 0.3) is 0 Å². The lowest BCUT2D eigenvalue weighted by molar-refractivity contribution is -0.125. The van der Waals surface area contributed by atoms with Gasteiger partial charge in [-0.25, -0.2) is 0 Å². The summed E-state index contributed by atoms with van der Waals surface area (Å²) in [6.07, 6.45) is 1.00. The van der Waals surface area contributed by atoms with E-state index in [1.807, 2.05) is 12.1 Å². The Labute approximate surface area is 100 Å². The number of amides is 2. The lowest BCUT2D eigenvalue weighted by atomic mass is 10.1. The fourth-order valence-corrected chi connectivity index (χ4v) is 1.30. The molecule has 0 aliphatic rings. The Morgan fingerprint density at radius 1 is 1.18 bits per heavy atom. The van der Waals surface area contributed by atoms with Crippen molar-refractivity contribution in [3.8, 4) is 0 Å². The molecule has 1 aromatic carbocycles. The van der Waals surface area contributed by atoms with Crippen molar-refractivity contribution in [2.24, 2.45) is 0 Å². The monoisotopic (exact) mass is 235 g/mol. The molecule has 5 heteroatoms. The van der Waals surface area contributed by atoms with Gasteiger partial charge in [0.05, 0.1) is 6.54 Å². The number of carbonyl (C=O) groups is 2. The van der Waals surface area contributed by atoms with Gasteiger partial charge >= 0.3 is 0 Å². The lowest BCUT2D eigenvalue weighted by Gasteiger charge is -2.04. The number of nitrogens with two attached hydrogens (primary N) is 1. The van der Waals surface area contributed by atoms with E-state index >= 15 is 0 Å². The number of nitrogen functional groups attached to an aromatic ring is 1. The first-order chi connectivity index (χ1) is 8.11. The highest BCUT2D eigenvalue weighted by atomic mass is 16.2. The molecule has 5 nitrogen and oxygen atoms in total. The second kappa shape index (κ2) is 6.52. The van der Waals surface area contributed by atoms with Crippen molar-refractivity contribution in [3.63, 3.8) is 0 Å². The number of carbonyl (C=O) groups excluding carboxylic acids is 2. The number of benzene rings is 1. The molecule has 0 heterocycles. The van der Waals surface area contributed by atoms with E-state index in [2.05, 4.69) is 10.6 Å². The van der Waals surface area contributed by atoms with Gasteiger partial charge in [-0.3, -0.25) is 9.59 Å². The molecule has 0 atom stereocenters. The maximum atomic E-state index is 11.4. The zero-order valence-corrected chi connectivity index (χ0v) is 9.82. The third-order valence-electron chi connectivity index (χ3n) is 2.35. The van der Waals surface area contributed by atoms with Crippen molar-refractivity contribution in [2.75, 3.05) is 19.3 Å². The Hall–Kier alpha value is -2.04. The van der Waals surface area contributed by atoms with Crippen LogP contribution in [0.15, 0.2) is 24.3 Å². The van der Waals surface area contributed by atoms with E-state index in [9.17, 15) is 9.59 Å². The highest BCUT2D eigenvalue weighted by molar-refractivity contribution is 5.84. The van der Waals surface area contributed by atoms with Crippen molar-refractivity contribution in [1.29, 1.82) is 0 Å². The van der Waals surface area contributed by atoms with Crippen LogP contribution >= 0.6 is 0 Å². The average Bonchev–Trinajstić information content (AvgIpc) is 2.35. The molecule has 0 radical (unpaired) electrons. The summed E-state index contributed by atoms with van der Waals surface area (Å²) in [5.74, 6) is -0.337. The quantitative estimate of drug-likeness (QED) is 0.631.